The zero-order valence-corrected chi connectivity index (χ0v) is 18.1. The minimum absolute atomic E-state index is 0.366. The molecule has 0 bridgehead atoms. The average molecular weight is 442 g/mol. The van der Waals surface area contributed by atoms with Crippen molar-refractivity contribution in [3.8, 4) is 0 Å². The molecule has 2 heterocycles. The number of primary amides is 1. The number of rotatable bonds is 8. The third-order valence-electron chi connectivity index (χ3n) is 4.26. The quantitative estimate of drug-likeness (QED) is 0.413. The fourth-order valence-corrected chi connectivity index (χ4v) is 5.52. The average Bonchev–Trinajstić information content (AvgIpc) is 3.31. The fraction of sp³-hybridized carbons (Fsp3) is 0.200. The third-order valence-corrected chi connectivity index (χ3v) is 7.53. The van der Waals surface area contributed by atoms with Crippen LogP contribution in [-0.2, 0) is 17.1 Å². The Bertz CT molecular complexity index is 1090. The van der Waals surface area contributed by atoms with Crippen molar-refractivity contribution in [1.82, 2.24) is 19.7 Å². The van der Waals surface area contributed by atoms with Crippen LogP contribution in [0.2, 0.25) is 0 Å². The Labute approximate surface area is 180 Å². The number of hydrogen-bond donors (Lipinski definition) is 1. The monoisotopic (exact) mass is 441 g/mol. The Hall–Kier alpha value is -2.36. The van der Waals surface area contributed by atoms with Crippen LogP contribution in [0, 0.1) is 0 Å². The molecule has 0 fully saturated rings. The van der Waals surface area contributed by atoms with Crippen molar-refractivity contribution in [2.45, 2.75) is 34.0 Å². The molecule has 4 rings (SSSR count). The molecule has 29 heavy (non-hydrogen) atoms. The maximum Gasteiger partial charge on any atom is 0.230 e. The van der Waals surface area contributed by atoms with Crippen LogP contribution in [-0.4, -0.2) is 30.9 Å². The number of aromatic nitrogens is 4. The molecule has 1 atom stereocenters. The first kappa shape index (κ1) is 19.9. The molecule has 9 heteroatoms. The summed E-state index contributed by atoms with van der Waals surface area (Å²) in [5.74, 6) is 1.12. The van der Waals surface area contributed by atoms with Gasteiger partial charge in [0.15, 0.2) is 9.50 Å². The minimum atomic E-state index is -0.376. The summed E-state index contributed by atoms with van der Waals surface area (Å²) < 4.78 is 4.23. The van der Waals surface area contributed by atoms with Crippen molar-refractivity contribution >= 4 is 51.0 Å². The Morgan fingerprint density at radius 3 is 2.66 bits per heavy atom. The molecule has 2 N–H and O–H groups in total. The zero-order chi connectivity index (χ0) is 20.2. The maximum atomic E-state index is 11.5. The summed E-state index contributed by atoms with van der Waals surface area (Å²) in [5.41, 5.74) is 7.59. The second kappa shape index (κ2) is 8.98. The van der Waals surface area contributed by atoms with E-state index in [2.05, 4.69) is 37.9 Å². The molecule has 0 aliphatic heterocycles. The number of carbonyl (C=O) groups excluding carboxylic acids is 1. The summed E-state index contributed by atoms with van der Waals surface area (Å²) in [6.07, 6.45) is 0. The highest BCUT2D eigenvalue weighted by molar-refractivity contribution is 8.00. The molecule has 0 saturated carbocycles. The van der Waals surface area contributed by atoms with E-state index in [1.165, 1.54) is 16.5 Å². The van der Waals surface area contributed by atoms with Crippen LogP contribution in [0.15, 0.2) is 64.1 Å². The van der Waals surface area contributed by atoms with Gasteiger partial charge in [-0.05, 0) is 24.6 Å². The lowest BCUT2D eigenvalue weighted by atomic mass is 10.2. The van der Waals surface area contributed by atoms with E-state index in [4.69, 9.17) is 5.73 Å². The Morgan fingerprint density at radius 2 is 1.90 bits per heavy atom. The van der Waals surface area contributed by atoms with Crippen LogP contribution in [0.3, 0.4) is 0 Å². The largest absolute Gasteiger partial charge is 0.369 e. The lowest BCUT2D eigenvalue weighted by molar-refractivity contribution is -0.117. The normalized spacial score (nSPS) is 12.3. The van der Waals surface area contributed by atoms with E-state index < -0.39 is 0 Å². The number of thiazole rings is 1. The first-order chi connectivity index (χ1) is 14.1. The molecule has 2 aromatic carbocycles. The fourth-order valence-electron chi connectivity index (χ4n) is 2.69. The number of thioether (sulfide) groups is 2. The Balaban J connectivity index is 1.57. The maximum absolute atomic E-state index is 11.5. The second-order valence-corrected chi connectivity index (χ2v) is 9.93. The molecular formula is C20H19N5OS3. The summed E-state index contributed by atoms with van der Waals surface area (Å²) in [7, 11) is 0. The number of nitrogens with two attached hydrogens (primary N) is 1. The van der Waals surface area contributed by atoms with Crippen LogP contribution < -0.4 is 5.73 Å². The van der Waals surface area contributed by atoms with Gasteiger partial charge in [0.25, 0.3) is 0 Å². The van der Waals surface area contributed by atoms with Gasteiger partial charge in [-0.1, -0.05) is 66.0 Å². The van der Waals surface area contributed by atoms with Crippen LogP contribution in [0.5, 0.6) is 0 Å². The van der Waals surface area contributed by atoms with Crippen molar-refractivity contribution in [3.63, 3.8) is 0 Å². The molecule has 0 saturated heterocycles. The van der Waals surface area contributed by atoms with Crippen LogP contribution in [0.25, 0.3) is 10.2 Å². The SMILES string of the molecule is C[C@H](Sc1nnc(CSc2nc3ccccc3s2)n1Cc1ccccc1)C(N)=O. The van der Waals surface area contributed by atoms with Gasteiger partial charge < -0.3 is 10.3 Å². The van der Waals surface area contributed by atoms with Gasteiger partial charge >= 0.3 is 0 Å². The van der Waals surface area contributed by atoms with Gasteiger partial charge in [0, 0.05) is 0 Å². The Morgan fingerprint density at radius 1 is 1.14 bits per heavy atom. The molecule has 0 aliphatic rings. The second-order valence-electron chi connectivity index (χ2n) is 6.37. The molecular weight excluding hydrogens is 422 g/mol. The van der Waals surface area contributed by atoms with Gasteiger partial charge in [-0.3, -0.25) is 4.79 Å². The standard InChI is InChI=1S/C20H19N5OS3/c1-13(18(21)26)28-19-24-23-17(25(19)11-14-7-3-2-4-8-14)12-27-20-22-15-9-5-6-10-16(15)29-20/h2-10,13H,11-12H2,1H3,(H2,21,26)/t13-/m0/s1. The van der Waals surface area contributed by atoms with Gasteiger partial charge in [0.1, 0.15) is 5.82 Å². The molecule has 4 aromatic rings. The van der Waals surface area contributed by atoms with Crippen LogP contribution in [0.4, 0.5) is 0 Å². The van der Waals surface area contributed by atoms with E-state index in [1.807, 2.05) is 36.4 Å². The van der Waals surface area contributed by atoms with Crippen LogP contribution >= 0.6 is 34.9 Å². The number of para-hydroxylation sites is 1. The Kier molecular flexibility index (Phi) is 6.17. The van der Waals surface area contributed by atoms with Gasteiger partial charge in [-0.2, -0.15) is 0 Å². The highest BCUT2D eigenvalue weighted by atomic mass is 32.2. The molecule has 0 unspecified atom stereocenters. The summed E-state index contributed by atoms with van der Waals surface area (Å²) >= 11 is 4.66. The summed E-state index contributed by atoms with van der Waals surface area (Å²) in [4.78, 5) is 16.2. The predicted molar refractivity (Wildman–Crippen MR) is 119 cm³/mol. The van der Waals surface area contributed by atoms with Gasteiger partial charge in [0.2, 0.25) is 5.91 Å². The van der Waals surface area contributed by atoms with Crippen molar-refractivity contribution < 1.29 is 4.79 Å². The first-order valence-electron chi connectivity index (χ1n) is 9.00. The molecule has 0 radical (unpaired) electrons. The van der Waals surface area contributed by atoms with Gasteiger partial charge in [-0.25, -0.2) is 4.98 Å². The first-order valence-corrected chi connectivity index (χ1v) is 11.7. The minimum Gasteiger partial charge on any atom is -0.369 e. The number of benzene rings is 2. The smallest absolute Gasteiger partial charge is 0.230 e. The highest BCUT2D eigenvalue weighted by Gasteiger charge is 2.19. The summed E-state index contributed by atoms with van der Waals surface area (Å²) in [6, 6.07) is 18.3. The predicted octanol–water partition coefficient (Wildman–Crippen LogP) is 4.19. The highest BCUT2D eigenvalue weighted by Crippen LogP contribution is 2.32. The molecule has 2 aromatic heterocycles. The number of nitrogens with zero attached hydrogens (tertiary/aromatic N) is 4. The number of fused-ring (bicyclic) bond motifs is 1. The zero-order valence-electron chi connectivity index (χ0n) is 15.7. The third kappa shape index (κ3) is 4.80. The molecule has 148 valence electrons. The van der Waals surface area contributed by atoms with Crippen molar-refractivity contribution in [3.05, 3.63) is 66.0 Å². The molecule has 1 amide bonds. The van der Waals surface area contributed by atoms with E-state index >= 15 is 0 Å². The topological polar surface area (TPSA) is 86.7 Å². The van der Waals surface area contributed by atoms with E-state index in [9.17, 15) is 4.79 Å². The number of carbonyl (C=O) groups is 1. The van der Waals surface area contributed by atoms with Crippen molar-refractivity contribution in [1.29, 1.82) is 0 Å². The van der Waals surface area contributed by atoms with E-state index in [-0.39, 0.29) is 11.2 Å². The van der Waals surface area contributed by atoms with E-state index in [0.717, 1.165) is 21.2 Å². The van der Waals surface area contributed by atoms with E-state index in [0.29, 0.717) is 17.5 Å². The van der Waals surface area contributed by atoms with Gasteiger partial charge in [-0.15, -0.1) is 21.5 Å². The van der Waals surface area contributed by atoms with Crippen molar-refractivity contribution in [2.75, 3.05) is 0 Å². The number of hydrogen-bond acceptors (Lipinski definition) is 7. The lowest BCUT2D eigenvalue weighted by Crippen LogP contribution is -2.23. The molecule has 0 aliphatic carbocycles. The lowest BCUT2D eigenvalue weighted by Gasteiger charge is -2.11. The van der Waals surface area contributed by atoms with Crippen LogP contribution in [0.1, 0.15) is 18.3 Å². The molecule has 0 spiro atoms. The van der Waals surface area contributed by atoms with Gasteiger partial charge in [0.05, 0.1) is 27.8 Å². The van der Waals surface area contributed by atoms with E-state index in [1.54, 1.807) is 30.0 Å². The number of amides is 1. The summed E-state index contributed by atoms with van der Waals surface area (Å²) in [6.45, 7) is 2.42. The summed E-state index contributed by atoms with van der Waals surface area (Å²) in [5, 5.41) is 9.04. The van der Waals surface area contributed by atoms with Crippen molar-refractivity contribution in [2.24, 2.45) is 5.73 Å². The molecule has 6 nitrogen and oxygen atoms in total.